The first kappa shape index (κ1) is 22.0. The van der Waals surface area contributed by atoms with Crippen LogP contribution in [-0.2, 0) is 12.8 Å². The van der Waals surface area contributed by atoms with E-state index in [0.717, 1.165) is 57.3 Å². The van der Waals surface area contributed by atoms with Gasteiger partial charge in [0.2, 0.25) is 0 Å². The summed E-state index contributed by atoms with van der Waals surface area (Å²) >= 11 is 0. The first-order valence-corrected chi connectivity index (χ1v) is 11.7. The molecule has 2 aromatic rings. The highest BCUT2D eigenvalue weighted by molar-refractivity contribution is 5.97. The van der Waals surface area contributed by atoms with E-state index in [4.69, 9.17) is 5.73 Å². The van der Waals surface area contributed by atoms with Crippen molar-refractivity contribution < 1.29 is 9.18 Å². The van der Waals surface area contributed by atoms with Gasteiger partial charge >= 0.3 is 0 Å². The standard InChI is InChI=1S/C26H34FN3O/c1-2-3-26(31)21-7-6-20-16-24(18-28)30(25(20)17-21)23-11-14-29(15-12-23)13-10-19-4-8-22(27)9-5-19/h4-9,17,23-24H,2-3,10-16,18,28H2,1H3. The molecule has 0 aromatic heterocycles. The molecule has 31 heavy (non-hydrogen) atoms. The van der Waals surface area contributed by atoms with Crippen molar-refractivity contribution in [1.29, 1.82) is 0 Å². The lowest BCUT2D eigenvalue weighted by atomic mass is 10.00. The Morgan fingerprint density at radius 2 is 1.87 bits per heavy atom. The molecule has 0 aliphatic carbocycles. The number of fused-ring (bicyclic) bond motifs is 1. The first-order valence-electron chi connectivity index (χ1n) is 11.7. The van der Waals surface area contributed by atoms with Crippen molar-refractivity contribution in [3.63, 3.8) is 0 Å². The number of hydrogen-bond acceptors (Lipinski definition) is 4. The smallest absolute Gasteiger partial charge is 0.162 e. The summed E-state index contributed by atoms with van der Waals surface area (Å²) in [4.78, 5) is 17.5. The van der Waals surface area contributed by atoms with E-state index >= 15 is 0 Å². The molecular formula is C26H34FN3O. The fourth-order valence-electron chi connectivity index (χ4n) is 5.12. The third-order valence-electron chi connectivity index (χ3n) is 6.86. The zero-order chi connectivity index (χ0) is 21.8. The molecule has 0 spiro atoms. The van der Waals surface area contributed by atoms with E-state index in [1.54, 1.807) is 12.1 Å². The summed E-state index contributed by atoms with van der Waals surface area (Å²) < 4.78 is 13.1. The highest BCUT2D eigenvalue weighted by atomic mass is 19.1. The molecule has 0 radical (unpaired) electrons. The molecule has 4 nitrogen and oxygen atoms in total. The van der Waals surface area contributed by atoms with Crippen molar-refractivity contribution >= 4 is 11.5 Å². The number of nitrogens with two attached hydrogens (primary N) is 1. The monoisotopic (exact) mass is 423 g/mol. The van der Waals surface area contributed by atoms with Gasteiger partial charge in [-0.1, -0.05) is 31.2 Å². The van der Waals surface area contributed by atoms with Crippen molar-refractivity contribution in [2.45, 2.75) is 57.5 Å². The van der Waals surface area contributed by atoms with Crippen LogP contribution in [0.15, 0.2) is 42.5 Å². The molecule has 1 fully saturated rings. The number of rotatable bonds is 8. The van der Waals surface area contributed by atoms with Crippen LogP contribution in [0.1, 0.15) is 54.1 Å². The van der Waals surface area contributed by atoms with E-state index in [2.05, 4.69) is 21.9 Å². The van der Waals surface area contributed by atoms with Gasteiger partial charge in [0, 0.05) is 55.9 Å². The van der Waals surface area contributed by atoms with E-state index in [0.29, 0.717) is 25.0 Å². The van der Waals surface area contributed by atoms with E-state index in [-0.39, 0.29) is 11.6 Å². The Kier molecular flexibility index (Phi) is 7.03. The molecule has 0 bridgehead atoms. The number of Topliss-reactive ketones (excluding diaryl/α,β-unsaturated/α-hetero) is 1. The van der Waals surface area contributed by atoms with Gasteiger partial charge in [-0.25, -0.2) is 4.39 Å². The molecular weight excluding hydrogens is 389 g/mol. The molecule has 2 aromatic carbocycles. The number of benzene rings is 2. The summed E-state index contributed by atoms with van der Waals surface area (Å²) in [6.07, 6.45) is 5.61. The third kappa shape index (κ3) is 4.99. The van der Waals surface area contributed by atoms with E-state index in [1.807, 2.05) is 25.1 Å². The lowest BCUT2D eigenvalue weighted by Gasteiger charge is -2.41. The zero-order valence-electron chi connectivity index (χ0n) is 18.5. The predicted molar refractivity (Wildman–Crippen MR) is 124 cm³/mol. The van der Waals surface area contributed by atoms with Gasteiger partial charge in [-0.15, -0.1) is 0 Å². The molecule has 2 N–H and O–H groups in total. The van der Waals surface area contributed by atoms with Crippen molar-refractivity contribution in [3.8, 4) is 0 Å². The number of ketones is 1. The second-order valence-corrected chi connectivity index (χ2v) is 8.97. The number of carbonyl (C=O) groups excluding carboxylic acids is 1. The van der Waals surface area contributed by atoms with Gasteiger partial charge in [-0.3, -0.25) is 4.79 Å². The lowest BCUT2D eigenvalue weighted by molar-refractivity contribution is 0.0981. The lowest BCUT2D eigenvalue weighted by Crippen LogP contribution is -2.50. The highest BCUT2D eigenvalue weighted by Gasteiger charge is 2.35. The number of carbonyl (C=O) groups is 1. The Morgan fingerprint density at radius 1 is 1.13 bits per heavy atom. The van der Waals surface area contributed by atoms with Crippen LogP contribution in [0.4, 0.5) is 10.1 Å². The summed E-state index contributed by atoms with van der Waals surface area (Å²) in [5.74, 6) is 0.0570. The van der Waals surface area contributed by atoms with Crippen LogP contribution in [0, 0.1) is 5.82 Å². The number of nitrogens with zero attached hydrogens (tertiary/aromatic N) is 2. The number of likely N-dealkylation sites (tertiary alicyclic amines) is 1. The fourth-order valence-corrected chi connectivity index (χ4v) is 5.12. The Morgan fingerprint density at radius 3 is 2.55 bits per heavy atom. The van der Waals surface area contributed by atoms with Crippen LogP contribution >= 0.6 is 0 Å². The van der Waals surface area contributed by atoms with Crippen LogP contribution < -0.4 is 10.6 Å². The summed E-state index contributed by atoms with van der Waals surface area (Å²) in [6, 6.07) is 13.9. The van der Waals surface area contributed by atoms with Gasteiger partial charge in [-0.2, -0.15) is 0 Å². The zero-order valence-corrected chi connectivity index (χ0v) is 18.5. The molecule has 2 heterocycles. The Bertz CT molecular complexity index is 890. The normalized spacial score (nSPS) is 19.6. The van der Waals surface area contributed by atoms with Crippen molar-refractivity contribution in [2.24, 2.45) is 5.73 Å². The van der Waals surface area contributed by atoms with Crippen LogP contribution in [-0.4, -0.2) is 48.9 Å². The van der Waals surface area contributed by atoms with Gasteiger partial charge in [0.1, 0.15) is 5.82 Å². The third-order valence-corrected chi connectivity index (χ3v) is 6.86. The Labute approximate surface area is 185 Å². The summed E-state index contributed by atoms with van der Waals surface area (Å²) in [7, 11) is 0. The second-order valence-electron chi connectivity index (χ2n) is 8.97. The molecule has 1 saturated heterocycles. The van der Waals surface area contributed by atoms with Gasteiger partial charge in [0.15, 0.2) is 5.78 Å². The topological polar surface area (TPSA) is 49.6 Å². The number of hydrogen-bond donors (Lipinski definition) is 1. The quantitative estimate of drug-likeness (QED) is 0.647. The van der Waals surface area contributed by atoms with Crippen LogP contribution in [0.2, 0.25) is 0 Å². The Balaban J connectivity index is 1.40. The molecule has 2 aliphatic rings. The fraction of sp³-hybridized carbons (Fsp3) is 0.500. The molecule has 166 valence electrons. The van der Waals surface area contributed by atoms with E-state index < -0.39 is 0 Å². The maximum absolute atomic E-state index is 13.1. The summed E-state index contributed by atoms with van der Waals surface area (Å²) in [5.41, 5.74) is 10.7. The molecule has 4 rings (SSSR count). The minimum absolute atomic E-state index is 0.176. The largest absolute Gasteiger partial charge is 0.364 e. The number of piperidine rings is 1. The maximum Gasteiger partial charge on any atom is 0.162 e. The minimum Gasteiger partial charge on any atom is -0.364 e. The van der Waals surface area contributed by atoms with Gasteiger partial charge in [0.25, 0.3) is 0 Å². The van der Waals surface area contributed by atoms with Crippen molar-refractivity contribution in [2.75, 3.05) is 31.1 Å². The van der Waals surface area contributed by atoms with Crippen LogP contribution in [0.3, 0.4) is 0 Å². The second kappa shape index (κ2) is 9.92. The van der Waals surface area contributed by atoms with Gasteiger partial charge < -0.3 is 15.5 Å². The average molecular weight is 424 g/mol. The van der Waals surface area contributed by atoms with E-state index in [9.17, 15) is 9.18 Å². The first-order chi connectivity index (χ1) is 15.1. The molecule has 2 aliphatic heterocycles. The Hall–Kier alpha value is -2.24. The minimum atomic E-state index is -0.176. The van der Waals surface area contributed by atoms with Gasteiger partial charge in [0.05, 0.1) is 0 Å². The van der Waals surface area contributed by atoms with Crippen molar-refractivity contribution in [3.05, 3.63) is 65.0 Å². The van der Waals surface area contributed by atoms with Crippen molar-refractivity contribution in [1.82, 2.24) is 4.90 Å². The molecule has 1 unspecified atom stereocenters. The predicted octanol–water partition coefficient (Wildman–Crippen LogP) is 4.21. The molecule has 0 amide bonds. The van der Waals surface area contributed by atoms with Crippen LogP contribution in [0.25, 0.3) is 0 Å². The van der Waals surface area contributed by atoms with E-state index in [1.165, 1.54) is 16.8 Å². The van der Waals surface area contributed by atoms with Crippen LogP contribution in [0.5, 0.6) is 0 Å². The summed E-state index contributed by atoms with van der Waals surface area (Å²) in [5, 5.41) is 0. The summed E-state index contributed by atoms with van der Waals surface area (Å²) in [6.45, 7) is 5.81. The SMILES string of the molecule is CCCC(=O)c1ccc2c(c1)N(C1CCN(CCc3ccc(F)cc3)CC1)C(CN)C2. The average Bonchev–Trinajstić information content (AvgIpc) is 3.17. The highest BCUT2D eigenvalue weighted by Crippen LogP contribution is 2.37. The number of halogens is 1. The van der Waals surface area contributed by atoms with Gasteiger partial charge in [-0.05, 0) is 61.4 Å². The molecule has 1 atom stereocenters. The molecule has 0 saturated carbocycles. The number of anilines is 1. The maximum atomic E-state index is 13.1. The molecule has 5 heteroatoms.